The molecular weight excluding hydrogens is 342 g/mol. The van der Waals surface area contributed by atoms with E-state index in [4.69, 9.17) is 5.73 Å². The molecule has 3 rings (SSSR count). The van der Waals surface area contributed by atoms with E-state index in [-0.39, 0.29) is 41.9 Å². The second kappa shape index (κ2) is 8.54. The second-order valence-electron chi connectivity index (χ2n) is 6.79. The van der Waals surface area contributed by atoms with Gasteiger partial charge in [0, 0.05) is 43.7 Å². The zero-order valence-electron chi connectivity index (χ0n) is 14.3. The molecule has 7 heteroatoms. The molecule has 138 valence electrons. The van der Waals surface area contributed by atoms with E-state index in [1.54, 1.807) is 17.0 Å². The molecule has 2 aliphatic rings. The first kappa shape index (κ1) is 19.5. The van der Waals surface area contributed by atoms with Gasteiger partial charge in [-0.3, -0.25) is 9.59 Å². The summed E-state index contributed by atoms with van der Waals surface area (Å²) in [6.45, 7) is 2.25. The minimum atomic E-state index is -0.0539. The van der Waals surface area contributed by atoms with Crippen molar-refractivity contribution in [3.05, 3.63) is 29.8 Å². The summed E-state index contributed by atoms with van der Waals surface area (Å²) in [5.74, 6) is 0.337. The molecule has 2 fully saturated rings. The number of halogens is 1. The standard InChI is InChI=1S/C18H25N3O3.ClH/c19-15-3-1-2-14(12-15)18(24)21-10-8-20(9-11-21)17(23)13-4-6-16(22)7-5-13;/h4-7,14-15,22H,1-3,8-12,19H2;1H. The van der Waals surface area contributed by atoms with E-state index in [0.717, 1.165) is 25.7 Å². The average molecular weight is 368 g/mol. The van der Waals surface area contributed by atoms with Crippen LogP contribution in [0, 0.1) is 5.92 Å². The van der Waals surface area contributed by atoms with Gasteiger partial charge in [0.05, 0.1) is 0 Å². The maximum Gasteiger partial charge on any atom is 0.253 e. The molecule has 2 amide bonds. The van der Waals surface area contributed by atoms with Crippen molar-refractivity contribution >= 4 is 24.2 Å². The molecule has 6 nitrogen and oxygen atoms in total. The van der Waals surface area contributed by atoms with E-state index in [1.165, 1.54) is 12.1 Å². The van der Waals surface area contributed by atoms with Crippen LogP contribution in [-0.2, 0) is 4.79 Å². The lowest BCUT2D eigenvalue weighted by molar-refractivity contribution is -0.138. The summed E-state index contributed by atoms with van der Waals surface area (Å²) < 4.78 is 0. The molecule has 0 aromatic heterocycles. The van der Waals surface area contributed by atoms with E-state index < -0.39 is 0 Å². The maximum atomic E-state index is 12.6. The summed E-state index contributed by atoms with van der Waals surface area (Å²) in [5.41, 5.74) is 6.55. The molecule has 2 atom stereocenters. The predicted molar refractivity (Wildman–Crippen MR) is 97.8 cm³/mol. The van der Waals surface area contributed by atoms with Crippen molar-refractivity contribution in [3.8, 4) is 5.75 Å². The Bertz CT molecular complexity index is 600. The van der Waals surface area contributed by atoms with Crippen LogP contribution in [0.15, 0.2) is 24.3 Å². The molecule has 1 aliphatic heterocycles. The summed E-state index contributed by atoms with van der Waals surface area (Å²) in [7, 11) is 0. The number of piperazine rings is 1. The molecule has 2 unspecified atom stereocenters. The SMILES string of the molecule is Cl.NC1CCCC(C(=O)N2CCN(C(=O)c3ccc(O)cc3)CC2)C1. The van der Waals surface area contributed by atoms with Gasteiger partial charge in [0.1, 0.15) is 5.75 Å². The molecule has 1 aromatic carbocycles. The second-order valence-corrected chi connectivity index (χ2v) is 6.79. The van der Waals surface area contributed by atoms with Gasteiger partial charge in [-0.2, -0.15) is 0 Å². The number of carbonyl (C=O) groups is 2. The van der Waals surface area contributed by atoms with Crippen LogP contribution < -0.4 is 5.73 Å². The van der Waals surface area contributed by atoms with Crippen molar-refractivity contribution in [1.82, 2.24) is 9.80 Å². The minimum absolute atomic E-state index is 0. The number of phenols is 1. The van der Waals surface area contributed by atoms with Gasteiger partial charge in [-0.1, -0.05) is 6.42 Å². The topological polar surface area (TPSA) is 86.9 Å². The molecule has 25 heavy (non-hydrogen) atoms. The van der Waals surface area contributed by atoms with E-state index in [9.17, 15) is 14.7 Å². The fraction of sp³-hybridized carbons (Fsp3) is 0.556. The highest BCUT2D eigenvalue weighted by atomic mass is 35.5. The highest BCUT2D eigenvalue weighted by Crippen LogP contribution is 2.25. The zero-order valence-corrected chi connectivity index (χ0v) is 15.1. The number of carbonyl (C=O) groups excluding carboxylic acids is 2. The van der Waals surface area contributed by atoms with Crippen molar-refractivity contribution in [2.24, 2.45) is 11.7 Å². The quantitative estimate of drug-likeness (QED) is 0.831. The third kappa shape index (κ3) is 4.64. The van der Waals surface area contributed by atoms with Crippen LogP contribution in [0.3, 0.4) is 0 Å². The first-order valence-electron chi connectivity index (χ1n) is 8.67. The van der Waals surface area contributed by atoms with Gasteiger partial charge in [-0.15, -0.1) is 12.4 Å². The van der Waals surface area contributed by atoms with E-state index in [2.05, 4.69) is 0 Å². The van der Waals surface area contributed by atoms with E-state index in [0.29, 0.717) is 31.7 Å². The molecular formula is C18H26ClN3O3. The molecule has 1 saturated carbocycles. The van der Waals surface area contributed by atoms with Gasteiger partial charge in [0.25, 0.3) is 5.91 Å². The van der Waals surface area contributed by atoms with Crippen molar-refractivity contribution in [3.63, 3.8) is 0 Å². The third-order valence-corrected chi connectivity index (χ3v) is 5.06. The number of nitrogens with two attached hydrogens (primary N) is 1. The number of phenolic OH excluding ortho intramolecular Hbond substituents is 1. The molecule has 1 aliphatic carbocycles. The lowest BCUT2D eigenvalue weighted by Gasteiger charge is -2.37. The molecule has 0 radical (unpaired) electrons. The molecule has 0 spiro atoms. The van der Waals surface area contributed by atoms with Crippen LogP contribution in [0.2, 0.25) is 0 Å². The van der Waals surface area contributed by atoms with Crippen LogP contribution in [0.1, 0.15) is 36.0 Å². The Morgan fingerprint density at radius 3 is 2.20 bits per heavy atom. The van der Waals surface area contributed by atoms with Gasteiger partial charge in [-0.25, -0.2) is 0 Å². The van der Waals surface area contributed by atoms with Gasteiger partial charge in [0.2, 0.25) is 5.91 Å². The summed E-state index contributed by atoms with van der Waals surface area (Å²) >= 11 is 0. The van der Waals surface area contributed by atoms with Crippen LogP contribution >= 0.6 is 12.4 Å². The molecule has 0 bridgehead atoms. The Balaban J connectivity index is 0.00000225. The first-order chi connectivity index (χ1) is 11.5. The molecule has 1 aromatic rings. The maximum absolute atomic E-state index is 12.6. The Labute approximate surface area is 154 Å². The van der Waals surface area contributed by atoms with Crippen molar-refractivity contribution in [1.29, 1.82) is 0 Å². The highest BCUT2D eigenvalue weighted by Gasteiger charge is 2.31. The number of rotatable bonds is 2. The summed E-state index contributed by atoms with van der Waals surface area (Å²) in [5, 5.41) is 9.31. The number of benzene rings is 1. The van der Waals surface area contributed by atoms with Crippen molar-refractivity contribution in [2.45, 2.75) is 31.7 Å². The number of nitrogens with zero attached hydrogens (tertiary/aromatic N) is 2. The fourth-order valence-electron chi connectivity index (χ4n) is 3.63. The monoisotopic (exact) mass is 367 g/mol. The Morgan fingerprint density at radius 1 is 1.00 bits per heavy atom. The summed E-state index contributed by atoms with van der Waals surface area (Å²) in [4.78, 5) is 28.7. The summed E-state index contributed by atoms with van der Waals surface area (Å²) in [6.07, 6.45) is 3.75. The van der Waals surface area contributed by atoms with E-state index >= 15 is 0 Å². The van der Waals surface area contributed by atoms with Gasteiger partial charge < -0.3 is 20.6 Å². The lowest BCUT2D eigenvalue weighted by atomic mass is 9.85. The van der Waals surface area contributed by atoms with Gasteiger partial charge in [-0.05, 0) is 43.5 Å². The normalized spacial score (nSPS) is 23.7. The highest BCUT2D eigenvalue weighted by molar-refractivity contribution is 5.94. The zero-order chi connectivity index (χ0) is 17.1. The van der Waals surface area contributed by atoms with Gasteiger partial charge >= 0.3 is 0 Å². The largest absolute Gasteiger partial charge is 0.508 e. The lowest BCUT2D eigenvalue weighted by Crippen LogP contribution is -2.52. The molecule has 1 saturated heterocycles. The van der Waals surface area contributed by atoms with Crippen LogP contribution in [0.25, 0.3) is 0 Å². The Morgan fingerprint density at radius 2 is 1.60 bits per heavy atom. The number of aromatic hydroxyl groups is 1. The average Bonchev–Trinajstić information content (AvgIpc) is 2.61. The first-order valence-corrected chi connectivity index (χ1v) is 8.67. The number of amides is 2. The smallest absolute Gasteiger partial charge is 0.253 e. The molecule has 3 N–H and O–H groups in total. The summed E-state index contributed by atoms with van der Waals surface area (Å²) in [6, 6.07) is 6.42. The van der Waals surface area contributed by atoms with E-state index in [1.807, 2.05) is 4.90 Å². The minimum Gasteiger partial charge on any atom is -0.508 e. The fourth-order valence-corrected chi connectivity index (χ4v) is 3.63. The van der Waals surface area contributed by atoms with Crippen LogP contribution in [-0.4, -0.2) is 58.9 Å². The Hall–Kier alpha value is -1.79. The predicted octanol–water partition coefficient (Wildman–Crippen LogP) is 1.62. The van der Waals surface area contributed by atoms with Crippen LogP contribution in [0.4, 0.5) is 0 Å². The van der Waals surface area contributed by atoms with Crippen molar-refractivity contribution < 1.29 is 14.7 Å². The molecule has 1 heterocycles. The van der Waals surface area contributed by atoms with Gasteiger partial charge in [0.15, 0.2) is 0 Å². The Kier molecular flexibility index (Phi) is 6.67. The number of hydrogen-bond acceptors (Lipinski definition) is 4. The van der Waals surface area contributed by atoms with Crippen LogP contribution in [0.5, 0.6) is 5.75 Å². The number of hydrogen-bond donors (Lipinski definition) is 2. The third-order valence-electron chi connectivity index (χ3n) is 5.06. The van der Waals surface area contributed by atoms with Crippen molar-refractivity contribution in [2.75, 3.05) is 26.2 Å².